The van der Waals surface area contributed by atoms with E-state index in [1.165, 1.54) is 19.1 Å². The van der Waals surface area contributed by atoms with Gasteiger partial charge in [-0.3, -0.25) is 9.59 Å². The van der Waals surface area contributed by atoms with Crippen molar-refractivity contribution in [3.63, 3.8) is 0 Å². The molecule has 1 aromatic rings. The fourth-order valence-electron chi connectivity index (χ4n) is 7.99. The first kappa shape index (κ1) is 27.5. The number of carbonyl (C=O) groups excluding carboxylic acids is 3. The van der Waals surface area contributed by atoms with Crippen molar-refractivity contribution in [3.05, 3.63) is 34.4 Å². The Morgan fingerprint density at radius 3 is 2.63 bits per heavy atom. The van der Waals surface area contributed by atoms with Crippen LogP contribution in [0.25, 0.3) is 0 Å². The molecule has 38 heavy (non-hydrogen) atoms. The molecule has 0 aliphatic heterocycles. The van der Waals surface area contributed by atoms with Crippen molar-refractivity contribution >= 4 is 40.2 Å². The number of aliphatic hydroxyl groups is 1. The van der Waals surface area contributed by atoms with Crippen LogP contribution in [-0.2, 0) is 14.3 Å². The molecule has 3 saturated carbocycles. The number of fused-ring (bicyclic) bond motifs is 5. The highest BCUT2D eigenvalue weighted by molar-refractivity contribution is 8.13. The third-order valence-electron chi connectivity index (χ3n) is 9.75. The van der Waals surface area contributed by atoms with E-state index in [0.29, 0.717) is 17.5 Å². The Hall–Kier alpha value is -2.05. The molecule has 7 nitrogen and oxygen atoms in total. The van der Waals surface area contributed by atoms with Gasteiger partial charge in [0, 0.05) is 22.7 Å². The molecule has 0 saturated heterocycles. The zero-order valence-electron chi connectivity index (χ0n) is 21.4. The number of halogens is 3. The van der Waals surface area contributed by atoms with Crippen molar-refractivity contribution in [2.45, 2.75) is 70.5 Å². The molecule has 4 aliphatic carbocycles. The van der Waals surface area contributed by atoms with Crippen LogP contribution in [0, 0.1) is 35.5 Å². The van der Waals surface area contributed by atoms with E-state index < -0.39 is 75.0 Å². The van der Waals surface area contributed by atoms with Gasteiger partial charge in [0.05, 0.1) is 11.8 Å². The number of hydrogen-bond acceptors (Lipinski definition) is 9. The average molecular weight is 571 g/mol. The highest BCUT2D eigenvalue weighted by Gasteiger charge is 2.78. The molecule has 4 aliphatic rings. The molecule has 0 bridgehead atoms. The van der Waals surface area contributed by atoms with Crippen LogP contribution in [0.4, 0.5) is 13.2 Å². The second-order valence-corrected chi connectivity index (χ2v) is 13.0. The van der Waals surface area contributed by atoms with Crippen LogP contribution in [0.15, 0.2) is 23.8 Å². The second-order valence-electron chi connectivity index (χ2n) is 11.3. The molecule has 9 atom stereocenters. The van der Waals surface area contributed by atoms with Gasteiger partial charge in [0.1, 0.15) is 12.2 Å². The standard InChI is InChI=1S/C26H29F3N2O5S2/c1-12-7-15-16-9-18(28)17-8-14(32)5-6-23(17,3)25(16,29)19(33)10-24(15,4)26(12,22(35)37-11-27)36-21(34)20-13(2)30-31-38-20/h5-6,8,12,15-16,18-19,33H,7,9-11H2,1-4H3/t12?,15-,16-,18?,19?,23-,24-,25?,26?/m0/s1. The van der Waals surface area contributed by atoms with Gasteiger partial charge in [0.15, 0.2) is 21.9 Å². The lowest BCUT2D eigenvalue weighted by molar-refractivity contribution is -0.221. The first-order chi connectivity index (χ1) is 17.8. The number of hydrogen-bond donors (Lipinski definition) is 1. The summed E-state index contributed by atoms with van der Waals surface area (Å²) in [6, 6.07) is -1.07. The van der Waals surface area contributed by atoms with Crippen molar-refractivity contribution in [2.24, 2.45) is 28.6 Å². The Morgan fingerprint density at radius 1 is 1.29 bits per heavy atom. The second kappa shape index (κ2) is 8.99. The average Bonchev–Trinajstić information content (AvgIpc) is 3.37. The number of aryl methyl sites for hydroxylation is 1. The van der Waals surface area contributed by atoms with Crippen LogP contribution in [0.3, 0.4) is 0 Å². The van der Waals surface area contributed by atoms with E-state index in [9.17, 15) is 23.9 Å². The van der Waals surface area contributed by atoms with E-state index in [0.717, 1.165) is 17.6 Å². The number of allylic oxidation sites excluding steroid dienone is 4. The first-order valence-corrected chi connectivity index (χ1v) is 14.3. The van der Waals surface area contributed by atoms with E-state index in [2.05, 4.69) is 9.59 Å². The fraction of sp³-hybridized carbons (Fsp3) is 0.654. The smallest absolute Gasteiger partial charge is 0.352 e. The predicted molar refractivity (Wildman–Crippen MR) is 135 cm³/mol. The van der Waals surface area contributed by atoms with Crippen LogP contribution in [-0.4, -0.2) is 61.1 Å². The summed E-state index contributed by atoms with van der Waals surface area (Å²) in [6.07, 6.45) is -0.105. The van der Waals surface area contributed by atoms with Crippen LogP contribution in [0.1, 0.15) is 55.4 Å². The molecule has 0 radical (unpaired) electrons. The summed E-state index contributed by atoms with van der Waals surface area (Å²) < 4.78 is 56.4. The van der Waals surface area contributed by atoms with Gasteiger partial charge in [-0.1, -0.05) is 24.4 Å². The molecular weight excluding hydrogens is 541 g/mol. The number of rotatable bonds is 4. The molecule has 5 unspecified atom stereocenters. The van der Waals surface area contributed by atoms with Crippen molar-refractivity contribution in [1.82, 2.24) is 9.59 Å². The Labute approximate surface area is 226 Å². The minimum absolute atomic E-state index is 0.00706. The Morgan fingerprint density at radius 2 is 2.00 bits per heavy atom. The van der Waals surface area contributed by atoms with E-state index in [1.54, 1.807) is 20.8 Å². The molecule has 0 amide bonds. The number of nitrogens with zero attached hydrogens (tertiary/aromatic N) is 2. The number of ether oxygens (including phenoxy) is 1. The van der Waals surface area contributed by atoms with Gasteiger partial charge in [0.2, 0.25) is 5.12 Å². The molecule has 12 heteroatoms. The monoisotopic (exact) mass is 570 g/mol. The summed E-state index contributed by atoms with van der Waals surface area (Å²) in [5, 5.41) is 14.6. The Balaban J connectivity index is 1.64. The maximum Gasteiger partial charge on any atom is 0.352 e. The van der Waals surface area contributed by atoms with Crippen molar-refractivity contribution in [1.29, 1.82) is 0 Å². The third kappa shape index (κ3) is 3.35. The van der Waals surface area contributed by atoms with Crippen LogP contribution >= 0.6 is 23.3 Å². The number of aliphatic hydroxyl groups excluding tert-OH is 1. The molecule has 1 N–H and O–H groups in total. The van der Waals surface area contributed by atoms with E-state index in [4.69, 9.17) is 4.74 Å². The topological polar surface area (TPSA) is 106 Å². The van der Waals surface area contributed by atoms with Crippen LogP contribution < -0.4 is 0 Å². The van der Waals surface area contributed by atoms with Crippen molar-refractivity contribution in [3.8, 4) is 0 Å². The first-order valence-electron chi connectivity index (χ1n) is 12.5. The lowest BCUT2D eigenvalue weighted by Gasteiger charge is -2.63. The van der Waals surface area contributed by atoms with Gasteiger partial charge in [-0.05, 0) is 80.0 Å². The summed E-state index contributed by atoms with van der Waals surface area (Å²) in [7, 11) is 0. The molecule has 1 heterocycles. The summed E-state index contributed by atoms with van der Waals surface area (Å²) in [5.41, 5.74) is -6.88. The summed E-state index contributed by atoms with van der Waals surface area (Å²) in [6.45, 7) is 6.38. The third-order valence-corrected chi connectivity index (χ3v) is 11.2. The molecule has 1 aromatic heterocycles. The van der Waals surface area contributed by atoms with E-state index >= 15 is 8.78 Å². The molecule has 3 fully saturated rings. The van der Waals surface area contributed by atoms with E-state index in [-0.39, 0.29) is 29.7 Å². The molecule has 0 aromatic carbocycles. The molecule has 5 rings (SSSR count). The lowest BCUT2D eigenvalue weighted by Crippen LogP contribution is -2.70. The molecular formula is C26H29F3N2O5S2. The minimum Gasteiger partial charge on any atom is -0.445 e. The van der Waals surface area contributed by atoms with E-state index in [1.807, 2.05) is 0 Å². The Kier molecular flexibility index (Phi) is 6.51. The predicted octanol–water partition coefficient (Wildman–Crippen LogP) is 4.49. The normalized spacial score (nSPS) is 43.6. The molecule has 0 spiro atoms. The summed E-state index contributed by atoms with van der Waals surface area (Å²) in [5.74, 6) is -3.74. The van der Waals surface area contributed by atoms with Gasteiger partial charge in [0.25, 0.3) is 0 Å². The lowest BCUT2D eigenvalue weighted by atomic mass is 9.44. The SMILES string of the molecule is Cc1nnsc1C(=O)OC1(C(=O)SCF)C(C)C[C@H]2[C@@H]3CC(F)C4=CC(=O)C=C[C@]4(C)C3(F)C(O)C[C@@]21C. The summed E-state index contributed by atoms with van der Waals surface area (Å²) in [4.78, 5) is 39.1. The van der Waals surface area contributed by atoms with Gasteiger partial charge in [-0.2, -0.15) is 0 Å². The quantitative estimate of drug-likeness (QED) is 0.528. The van der Waals surface area contributed by atoms with Crippen molar-refractivity contribution < 1.29 is 37.4 Å². The largest absolute Gasteiger partial charge is 0.445 e. The van der Waals surface area contributed by atoms with Crippen LogP contribution in [0.5, 0.6) is 0 Å². The maximum absolute atomic E-state index is 17.4. The number of esters is 1. The number of alkyl halides is 3. The van der Waals surface area contributed by atoms with Crippen LogP contribution in [0.2, 0.25) is 0 Å². The van der Waals surface area contributed by atoms with Gasteiger partial charge < -0.3 is 9.84 Å². The molecule has 206 valence electrons. The highest BCUT2D eigenvalue weighted by Crippen LogP contribution is 2.72. The van der Waals surface area contributed by atoms with Gasteiger partial charge >= 0.3 is 5.97 Å². The zero-order valence-corrected chi connectivity index (χ0v) is 23.0. The zero-order chi connectivity index (χ0) is 27.8. The minimum atomic E-state index is -2.35. The highest BCUT2D eigenvalue weighted by atomic mass is 32.2. The van der Waals surface area contributed by atoms with Crippen molar-refractivity contribution in [2.75, 3.05) is 6.01 Å². The maximum atomic E-state index is 17.4. The van der Waals surface area contributed by atoms with Gasteiger partial charge in [-0.15, -0.1) is 5.10 Å². The van der Waals surface area contributed by atoms with Gasteiger partial charge in [-0.25, -0.2) is 18.0 Å². The number of ketones is 1. The fourth-order valence-corrected chi connectivity index (χ4v) is 9.31. The number of carbonyl (C=O) groups is 3. The number of thioether (sulfide) groups is 1. The summed E-state index contributed by atoms with van der Waals surface area (Å²) >= 11 is 1.16. The number of aromatic nitrogens is 2. The Bertz CT molecular complexity index is 1270.